The predicted octanol–water partition coefficient (Wildman–Crippen LogP) is 17.1. The number of anilines is 1. The minimum atomic E-state index is 0.284. The number of benzene rings is 4. The highest BCUT2D eigenvalue weighted by molar-refractivity contribution is 6.11. The number of fused-ring (bicyclic) bond motifs is 6. The van der Waals surface area contributed by atoms with Crippen molar-refractivity contribution in [1.82, 2.24) is 4.57 Å². The summed E-state index contributed by atoms with van der Waals surface area (Å²) in [6, 6.07) is 36.9. The molecule has 0 fully saturated rings. The molecule has 68 heavy (non-hydrogen) atoms. The van der Waals surface area contributed by atoms with E-state index in [9.17, 15) is 0 Å². The average Bonchev–Trinajstić information content (AvgIpc) is 3.94. The molecular weight excluding hydrogens is 821 g/mol. The van der Waals surface area contributed by atoms with Gasteiger partial charge in [0.1, 0.15) is 0 Å². The number of rotatable bonds is 8. The van der Waals surface area contributed by atoms with E-state index in [1.54, 1.807) is 5.57 Å². The molecule has 2 nitrogen and oxygen atoms in total. The topological polar surface area (TPSA) is 8.17 Å². The second-order valence-corrected chi connectivity index (χ2v) is 20.3. The van der Waals surface area contributed by atoms with Gasteiger partial charge in [-0.3, -0.25) is 0 Å². The van der Waals surface area contributed by atoms with Crippen molar-refractivity contribution in [3.05, 3.63) is 251 Å². The van der Waals surface area contributed by atoms with Crippen LogP contribution in [0.15, 0.2) is 234 Å². The van der Waals surface area contributed by atoms with E-state index in [1.807, 2.05) is 0 Å². The molecule has 2 heterocycles. The first-order valence-corrected chi connectivity index (χ1v) is 25.7. The lowest BCUT2D eigenvalue weighted by Gasteiger charge is -2.34. The van der Waals surface area contributed by atoms with Gasteiger partial charge in [-0.05, 0) is 163 Å². The summed E-state index contributed by atoms with van der Waals surface area (Å²) in [5.74, 6) is 1.90. The molecule has 5 unspecified atom stereocenters. The van der Waals surface area contributed by atoms with Crippen molar-refractivity contribution in [1.29, 1.82) is 0 Å². The van der Waals surface area contributed by atoms with Crippen LogP contribution in [0.2, 0.25) is 0 Å². The lowest BCUT2D eigenvalue weighted by molar-refractivity contribution is 0.455. The number of hydrogen-bond donors (Lipinski definition) is 0. The lowest BCUT2D eigenvalue weighted by atomic mass is 9.74. The Morgan fingerprint density at radius 1 is 0.529 bits per heavy atom. The summed E-state index contributed by atoms with van der Waals surface area (Å²) in [5, 5.41) is 2.65. The van der Waals surface area contributed by atoms with Crippen LogP contribution >= 0.6 is 0 Å². The van der Waals surface area contributed by atoms with Gasteiger partial charge in [0.2, 0.25) is 0 Å². The molecule has 0 bridgehead atoms. The molecule has 8 aliphatic rings. The van der Waals surface area contributed by atoms with Crippen LogP contribution in [-0.4, -0.2) is 10.6 Å². The van der Waals surface area contributed by atoms with Crippen LogP contribution in [0.3, 0.4) is 0 Å². The normalized spacial score (nSPS) is 25.4. The summed E-state index contributed by atoms with van der Waals surface area (Å²) in [6.07, 6.45) is 53.5. The van der Waals surface area contributed by atoms with Gasteiger partial charge in [-0.25, -0.2) is 0 Å². The summed E-state index contributed by atoms with van der Waals surface area (Å²) in [5.41, 5.74) is 21.2. The molecule has 0 amide bonds. The molecule has 1 aromatic heterocycles. The second kappa shape index (κ2) is 17.6. The van der Waals surface area contributed by atoms with Crippen molar-refractivity contribution < 1.29 is 0 Å². The van der Waals surface area contributed by atoms with Crippen molar-refractivity contribution in [2.45, 2.75) is 82.6 Å². The summed E-state index contributed by atoms with van der Waals surface area (Å²) >= 11 is 0. The highest BCUT2D eigenvalue weighted by Crippen LogP contribution is 2.51. The molecule has 7 aliphatic carbocycles. The van der Waals surface area contributed by atoms with E-state index in [4.69, 9.17) is 0 Å². The summed E-state index contributed by atoms with van der Waals surface area (Å²) in [4.78, 5) is 2.71. The van der Waals surface area contributed by atoms with E-state index in [2.05, 4.69) is 210 Å². The molecule has 0 saturated heterocycles. The van der Waals surface area contributed by atoms with Gasteiger partial charge in [-0.15, -0.1) is 0 Å². The molecule has 4 aromatic carbocycles. The van der Waals surface area contributed by atoms with E-state index in [-0.39, 0.29) is 6.04 Å². The van der Waals surface area contributed by atoms with Crippen LogP contribution < -0.4 is 4.90 Å². The predicted molar refractivity (Wildman–Crippen MR) is 288 cm³/mol. The van der Waals surface area contributed by atoms with Crippen molar-refractivity contribution in [3.63, 3.8) is 0 Å². The first-order chi connectivity index (χ1) is 33.7. The van der Waals surface area contributed by atoms with Crippen LogP contribution in [0.25, 0.3) is 38.6 Å². The number of hydrogen-bond acceptors (Lipinski definition) is 1. The zero-order chi connectivity index (χ0) is 45.0. The quantitative estimate of drug-likeness (QED) is 0.151. The lowest BCUT2D eigenvalue weighted by Crippen LogP contribution is -2.34. The summed E-state index contributed by atoms with van der Waals surface area (Å²) in [6.45, 7) is 0. The molecule has 0 saturated carbocycles. The molecule has 1 aliphatic heterocycles. The van der Waals surface area contributed by atoms with E-state index < -0.39 is 0 Å². The Labute approximate surface area is 402 Å². The Morgan fingerprint density at radius 2 is 1.37 bits per heavy atom. The molecule has 334 valence electrons. The SMILES string of the molecule is C1=CCCC(C2=CCCC(C3=CC(N4c5ccccc5C5CCC(c6ccc7c8ccccc8n(C8=CCC(C9=CC(c%10ccccc%10)=CC(C%10C=CC=CC%10)C9)C=C8)c7c6)=CC54)=CCC3)=C2)=C1. The maximum absolute atomic E-state index is 2.71. The molecule has 0 radical (unpaired) electrons. The van der Waals surface area contributed by atoms with Crippen molar-refractivity contribution in [2.75, 3.05) is 4.90 Å². The van der Waals surface area contributed by atoms with E-state index in [1.165, 1.54) is 89.0 Å². The molecule has 0 N–H and O–H groups in total. The molecule has 0 spiro atoms. The fourth-order valence-electron chi connectivity index (χ4n) is 13.0. The molecule has 13 rings (SSSR count). The Hall–Kier alpha value is -6.90. The maximum atomic E-state index is 2.71. The van der Waals surface area contributed by atoms with Crippen LogP contribution in [0.1, 0.15) is 93.2 Å². The third kappa shape index (κ3) is 7.50. The Bertz CT molecular complexity index is 3280. The van der Waals surface area contributed by atoms with Gasteiger partial charge in [0.25, 0.3) is 0 Å². The first-order valence-electron chi connectivity index (χ1n) is 25.7. The van der Waals surface area contributed by atoms with Crippen LogP contribution in [0.5, 0.6) is 0 Å². The summed E-state index contributed by atoms with van der Waals surface area (Å²) < 4.78 is 2.55. The highest BCUT2D eigenvalue weighted by atomic mass is 15.2. The monoisotopic (exact) mass is 880 g/mol. The van der Waals surface area contributed by atoms with E-state index in [0.717, 1.165) is 70.6 Å². The highest BCUT2D eigenvalue weighted by Gasteiger charge is 2.41. The minimum Gasteiger partial charge on any atom is -0.334 e. The Morgan fingerprint density at radius 3 is 2.24 bits per heavy atom. The average molecular weight is 881 g/mol. The zero-order valence-electron chi connectivity index (χ0n) is 39.1. The number of nitrogens with zero attached hydrogens (tertiary/aromatic N) is 2. The van der Waals surface area contributed by atoms with Gasteiger partial charge < -0.3 is 9.47 Å². The largest absolute Gasteiger partial charge is 0.334 e. The fourth-order valence-corrected chi connectivity index (χ4v) is 13.0. The number of aromatic nitrogens is 1. The van der Waals surface area contributed by atoms with Crippen molar-refractivity contribution in [2.24, 2.45) is 17.8 Å². The number of allylic oxidation sites excluding steroid dienone is 24. The van der Waals surface area contributed by atoms with Crippen molar-refractivity contribution >= 4 is 44.3 Å². The number of para-hydroxylation sites is 2. The van der Waals surface area contributed by atoms with Crippen LogP contribution in [0.4, 0.5) is 5.69 Å². The Balaban J connectivity index is 0.821. The van der Waals surface area contributed by atoms with Gasteiger partial charge in [0.15, 0.2) is 0 Å². The Kier molecular flexibility index (Phi) is 10.7. The molecule has 5 aromatic rings. The first kappa shape index (κ1) is 41.3. The van der Waals surface area contributed by atoms with E-state index >= 15 is 0 Å². The van der Waals surface area contributed by atoms with Gasteiger partial charge >= 0.3 is 0 Å². The van der Waals surface area contributed by atoms with E-state index in [0.29, 0.717) is 23.7 Å². The van der Waals surface area contributed by atoms with Gasteiger partial charge in [-0.2, -0.15) is 0 Å². The maximum Gasteiger partial charge on any atom is 0.0597 e. The second-order valence-electron chi connectivity index (χ2n) is 20.3. The van der Waals surface area contributed by atoms with Gasteiger partial charge in [-0.1, -0.05) is 176 Å². The standard InChI is InChI=1S/C66H60N2/c1-4-16-45(17-5-1)49-22-14-23-50(38-49)51-24-15-25-58(42-51)68-64-29-13-11-27-60(64)62-37-33-53(44-66(62)68)52-32-36-61-59-26-10-12-28-63(59)67(65(61)43-52)57-34-30-48(31-35-57)56-40-54(46-18-6-2-7-19-46)39-55(41-56)47-20-8-3-9-21-47/h1-4,6-13,16,18-20,22,25-30,32,34-36,38-40,42-44,47-48,55,62,66H,5,14-15,17,21,23-24,31,33,37,41H2. The molecule has 5 atom stereocenters. The van der Waals surface area contributed by atoms with Gasteiger partial charge in [0, 0.05) is 39.7 Å². The third-order valence-electron chi connectivity index (χ3n) is 16.4. The van der Waals surface area contributed by atoms with Crippen molar-refractivity contribution in [3.8, 4) is 0 Å². The zero-order valence-corrected chi connectivity index (χ0v) is 39.1. The van der Waals surface area contributed by atoms with Crippen LogP contribution in [0, 0.1) is 17.8 Å². The molecule has 2 heteroatoms. The smallest absolute Gasteiger partial charge is 0.0597 e. The molecular formula is C66H60N2. The fraction of sp³-hybridized carbons (Fsp3) is 0.242. The van der Waals surface area contributed by atoms with Gasteiger partial charge in [0.05, 0.1) is 17.1 Å². The summed E-state index contributed by atoms with van der Waals surface area (Å²) in [7, 11) is 0. The minimum absolute atomic E-state index is 0.284. The van der Waals surface area contributed by atoms with Crippen LogP contribution in [-0.2, 0) is 0 Å². The third-order valence-corrected chi connectivity index (χ3v) is 16.4.